The Kier molecular flexibility index (Phi) is 4.03. The molecule has 2 heteroatoms. The number of rotatable bonds is 2. The summed E-state index contributed by atoms with van der Waals surface area (Å²) in [6, 6.07) is 5.21. The van der Waals surface area contributed by atoms with Crippen molar-refractivity contribution in [2.24, 2.45) is 0 Å². The molecule has 0 aliphatic carbocycles. The SMILES string of the molecule is C[C@@H](c1cc(C(C)(C)C)cc2c1COCC2)N(C)C. The Labute approximate surface area is 117 Å². The van der Waals surface area contributed by atoms with Crippen molar-refractivity contribution in [3.05, 3.63) is 34.4 Å². The molecular formula is C17H27NO. The van der Waals surface area contributed by atoms with Crippen LogP contribution < -0.4 is 0 Å². The van der Waals surface area contributed by atoms with Gasteiger partial charge in [0.1, 0.15) is 0 Å². The smallest absolute Gasteiger partial charge is 0.0722 e. The number of fused-ring (bicyclic) bond motifs is 1. The van der Waals surface area contributed by atoms with Crippen LogP contribution in [0.4, 0.5) is 0 Å². The average molecular weight is 261 g/mol. The largest absolute Gasteiger partial charge is 0.376 e. The van der Waals surface area contributed by atoms with Crippen molar-refractivity contribution in [2.45, 2.75) is 52.2 Å². The summed E-state index contributed by atoms with van der Waals surface area (Å²) < 4.78 is 5.67. The summed E-state index contributed by atoms with van der Waals surface area (Å²) in [4.78, 5) is 2.27. The third-order valence-electron chi connectivity index (χ3n) is 4.23. The van der Waals surface area contributed by atoms with Crippen LogP contribution >= 0.6 is 0 Å². The van der Waals surface area contributed by atoms with Gasteiger partial charge >= 0.3 is 0 Å². The van der Waals surface area contributed by atoms with E-state index in [1.165, 1.54) is 22.3 Å². The molecule has 1 aliphatic heterocycles. The summed E-state index contributed by atoms with van der Waals surface area (Å²) in [6.45, 7) is 10.8. The number of hydrogen-bond acceptors (Lipinski definition) is 2. The molecule has 2 rings (SSSR count). The van der Waals surface area contributed by atoms with Crippen LogP contribution in [0.1, 0.15) is 56.0 Å². The van der Waals surface area contributed by atoms with Crippen molar-refractivity contribution in [3.8, 4) is 0 Å². The Balaban J connectivity index is 2.56. The first kappa shape index (κ1) is 14.5. The number of nitrogens with zero attached hydrogens (tertiary/aromatic N) is 1. The van der Waals surface area contributed by atoms with Gasteiger partial charge in [-0.1, -0.05) is 32.9 Å². The number of ether oxygens (including phenoxy) is 1. The van der Waals surface area contributed by atoms with Gasteiger partial charge in [-0.3, -0.25) is 0 Å². The van der Waals surface area contributed by atoms with Crippen LogP contribution in [-0.4, -0.2) is 25.6 Å². The Morgan fingerprint density at radius 3 is 2.47 bits per heavy atom. The molecule has 1 aromatic rings. The molecule has 0 fully saturated rings. The first-order valence-corrected chi connectivity index (χ1v) is 7.21. The van der Waals surface area contributed by atoms with Crippen molar-refractivity contribution < 1.29 is 4.74 Å². The van der Waals surface area contributed by atoms with Gasteiger partial charge in [-0.05, 0) is 55.1 Å². The van der Waals surface area contributed by atoms with E-state index in [9.17, 15) is 0 Å². The lowest BCUT2D eigenvalue weighted by Gasteiger charge is -2.30. The molecule has 1 atom stereocenters. The van der Waals surface area contributed by atoms with Gasteiger partial charge in [-0.2, -0.15) is 0 Å². The molecule has 0 unspecified atom stereocenters. The normalized spacial score (nSPS) is 17.4. The van der Waals surface area contributed by atoms with Crippen LogP contribution in [0.3, 0.4) is 0 Å². The molecule has 0 aromatic heterocycles. The van der Waals surface area contributed by atoms with E-state index in [-0.39, 0.29) is 5.41 Å². The molecule has 1 heterocycles. The minimum Gasteiger partial charge on any atom is -0.376 e. The van der Waals surface area contributed by atoms with E-state index in [2.05, 4.69) is 58.8 Å². The van der Waals surface area contributed by atoms with E-state index in [0.717, 1.165) is 19.6 Å². The van der Waals surface area contributed by atoms with E-state index in [1.54, 1.807) is 0 Å². The fourth-order valence-corrected chi connectivity index (χ4v) is 2.60. The zero-order chi connectivity index (χ0) is 14.2. The summed E-state index contributed by atoms with van der Waals surface area (Å²) >= 11 is 0. The molecular weight excluding hydrogens is 234 g/mol. The highest BCUT2D eigenvalue weighted by molar-refractivity contribution is 5.43. The lowest BCUT2D eigenvalue weighted by atomic mass is 9.81. The standard InChI is InChI=1S/C17H27NO/c1-12(18(5)6)15-10-14(17(2,3)4)9-13-7-8-19-11-16(13)15/h9-10,12H,7-8,11H2,1-6H3/t12-/m0/s1. The summed E-state index contributed by atoms with van der Waals surface area (Å²) in [5.74, 6) is 0. The topological polar surface area (TPSA) is 12.5 Å². The maximum Gasteiger partial charge on any atom is 0.0722 e. The number of hydrogen-bond donors (Lipinski definition) is 0. The van der Waals surface area contributed by atoms with E-state index in [1.807, 2.05) is 0 Å². The fraction of sp³-hybridized carbons (Fsp3) is 0.647. The van der Waals surface area contributed by atoms with Gasteiger partial charge < -0.3 is 9.64 Å². The van der Waals surface area contributed by atoms with Crippen molar-refractivity contribution in [1.82, 2.24) is 4.90 Å². The van der Waals surface area contributed by atoms with Gasteiger partial charge in [0.2, 0.25) is 0 Å². The van der Waals surface area contributed by atoms with Gasteiger partial charge in [0.05, 0.1) is 13.2 Å². The molecule has 0 saturated carbocycles. The van der Waals surface area contributed by atoms with Crippen molar-refractivity contribution >= 4 is 0 Å². The zero-order valence-electron chi connectivity index (χ0n) is 13.2. The summed E-state index contributed by atoms with van der Waals surface area (Å²) in [5.41, 5.74) is 5.99. The van der Waals surface area contributed by atoms with E-state index in [4.69, 9.17) is 4.74 Å². The molecule has 0 N–H and O–H groups in total. The second-order valence-electron chi connectivity index (χ2n) is 6.90. The van der Waals surface area contributed by atoms with Crippen LogP contribution in [0.25, 0.3) is 0 Å². The van der Waals surface area contributed by atoms with Crippen molar-refractivity contribution in [2.75, 3.05) is 20.7 Å². The van der Waals surface area contributed by atoms with Gasteiger partial charge in [-0.15, -0.1) is 0 Å². The van der Waals surface area contributed by atoms with Crippen LogP contribution in [0.2, 0.25) is 0 Å². The minimum absolute atomic E-state index is 0.202. The Bertz CT molecular complexity index is 457. The Morgan fingerprint density at radius 2 is 1.89 bits per heavy atom. The molecule has 19 heavy (non-hydrogen) atoms. The highest BCUT2D eigenvalue weighted by atomic mass is 16.5. The Hall–Kier alpha value is -0.860. The third kappa shape index (κ3) is 3.01. The molecule has 106 valence electrons. The van der Waals surface area contributed by atoms with Crippen LogP contribution in [0, 0.1) is 0 Å². The lowest BCUT2D eigenvalue weighted by Crippen LogP contribution is -2.23. The highest BCUT2D eigenvalue weighted by Gasteiger charge is 2.23. The first-order valence-electron chi connectivity index (χ1n) is 7.21. The second kappa shape index (κ2) is 5.26. The number of benzene rings is 1. The predicted octanol–water partition coefficient (Wildman–Crippen LogP) is 3.68. The summed E-state index contributed by atoms with van der Waals surface area (Å²) in [5, 5.41) is 0. The molecule has 0 saturated heterocycles. The summed E-state index contributed by atoms with van der Waals surface area (Å²) in [7, 11) is 4.29. The van der Waals surface area contributed by atoms with Gasteiger partial charge in [-0.25, -0.2) is 0 Å². The molecule has 0 radical (unpaired) electrons. The maximum absolute atomic E-state index is 5.67. The molecule has 1 aliphatic rings. The van der Waals surface area contributed by atoms with E-state index >= 15 is 0 Å². The van der Waals surface area contributed by atoms with Crippen molar-refractivity contribution in [1.29, 1.82) is 0 Å². The van der Waals surface area contributed by atoms with Crippen LogP contribution in [0.15, 0.2) is 12.1 Å². The average Bonchev–Trinajstić information content (AvgIpc) is 2.35. The summed E-state index contributed by atoms with van der Waals surface area (Å²) in [6.07, 6.45) is 1.05. The lowest BCUT2D eigenvalue weighted by molar-refractivity contribution is 0.108. The monoisotopic (exact) mass is 261 g/mol. The highest BCUT2D eigenvalue weighted by Crippen LogP contribution is 2.33. The van der Waals surface area contributed by atoms with E-state index in [0.29, 0.717) is 6.04 Å². The van der Waals surface area contributed by atoms with Crippen LogP contribution in [0.5, 0.6) is 0 Å². The Morgan fingerprint density at radius 1 is 1.21 bits per heavy atom. The van der Waals surface area contributed by atoms with Crippen LogP contribution in [-0.2, 0) is 23.2 Å². The maximum atomic E-state index is 5.67. The van der Waals surface area contributed by atoms with Gasteiger partial charge in [0, 0.05) is 6.04 Å². The second-order valence-corrected chi connectivity index (χ2v) is 6.90. The predicted molar refractivity (Wildman–Crippen MR) is 80.6 cm³/mol. The van der Waals surface area contributed by atoms with Crippen molar-refractivity contribution in [3.63, 3.8) is 0 Å². The fourth-order valence-electron chi connectivity index (χ4n) is 2.60. The third-order valence-corrected chi connectivity index (χ3v) is 4.23. The first-order chi connectivity index (χ1) is 8.80. The molecule has 0 spiro atoms. The molecule has 1 aromatic carbocycles. The van der Waals surface area contributed by atoms with E-state index < -0.39 is 0 Å². The van der Waals surface area contributed by atoms with Gasteiger partial charge in [0.25, 0.3) is 0 Å². The van der Waals surface area contributed by atoms with Gasteiger partial charge in [0.15, 0.2) is 0 Å². The minimum atomic E-state index is 0.202. The molecule has 0 amide bonds. The zero-order valence-corrected chi connectivity index (χ0v) is 13.2. The molecule has 0 bridgehead atoms. The molecule has 2 nitrogen and oxygen atoms in total. The quantitative estimate of drug-likeness (QED) is 0.805.